The van der Waals surface area contributed by atoms with Gasteiger partial charge in [-0.1, -0.05) is 54.6 Å². The van der Waals surface area contributed by atoms with Crippen molar-refractivity contribution in [1.29, 1.82) is 0 Å². The van der Waals surface area contributed by atoms with Crippen molar-refractivity contribution in [1.82, 2.24) is 4.57 Å². The van der Waals surface area contributed by atoms with Crippen molar-refractivity contribution < 1.29 is 4.79 Å². The maximum absolute atomic E-state index is 13.4. The maximum Gasteiger partial charge on any atom is 0.263 e. The number of fused-ring (bicyclic) bond motifs is 2. The summed E-state index contributed by atoms with van der Waals surface area (Å²) in [6, 6.07) is 26.2. The number of carbonyl (C=O) groups is 1. The van der Waals surface area contributed by atoms with Gasteiger partial charge < -0.3 is 4.57 Å². The largest absolute Gasteiger partial charge is 0.347 e. The van der Waals surface area contributed by atoms with Gasteiger partial charge in [0.15, 0.2) is 0 Å². The van der Waals surface area contributed by atoms with Gasteiger partial charge in [-0.25, -0.2) is 0 Å². The van der Waals surface area contributed by atoms with E-state index in [1.807, 2.05) is 66.7 Å². The van der Waals surface area contributed by atoms with E-state index in [0.29, 0.717) is 0 Å². The minimum atomic E-state index is 0.0146. The van der Waals surface area contributed by atoms with Crippen LogP contribution in [0.2, 0.25) is 0 Å². The highest BCUT2D eigenvalue weighted by atomic mass is 16.2. The van der Waals surface area contributed by atoms with Crippen LogP contribution in [0.3, 0.4) is 0 Å². The van der Waals surface area contributed by atoms with E-state index in [0.717, 1.165) is 34.6 Å². The molecule has 28 heavy (non-hydrogen) atoms. The average molecular weight is 364 g/mol. The Morgan fingerprint density at radius 2 is 1.57 bits per heavy atom. The minimum absolute atomic E-state index is 0.0146. The fourth-order valence-corrected chi connectivity index (χ4v) is 4.02. The van der Waals surface area contributed by atoms with E-state index in [1.54, 1.807) is 4.90 Å². The molecule has 0 aliphatic carbocycles. The normalized spacial score (nSPS) is 14.8. The third-order valence-corrected chi connectivity index (χ3v) is 5.34. The third kappa shape index (κ3) is 2.48. The van der Waals surface area contributed by atoms with Crippen molar-refractivity contribution in [2.24, 2.45) is 0 Å². The molecule has 0 saturated carbocycles. The number of nitrogens with zero attached hydrogens (tertiary/aromatic N) is 2. The zero-order chi connectivity index (χ0) is 19.1. The van der Waals surface area contributed by atoms with Crippen molar-refractivity contribution in [2.75, 3.05) is 4.90 Å². The topological polar surface area (TPSA) is 25.2 Å². The number of anilines is 2. The lowest BCUT2D eigenvalue weighted by Crippen LogP contribution is -2.20. The molecule has 2 heterocycles. The van der Waals surface area contributed by atoms with Gasteiger partial charge in [0.1, 0.15) is 0 Å². The van der Waals surface area contributed by atoms with Gasteiger partial charge in [0.05, 0.1) is 11.3 Å². The second-order valence-electron chi connectivity index (χ2n) is 6.94. The Morgan fingerprint density at radius 3 is 2.39 bits per heavy atom. The van der Waals surface area contributed by atoms with E-state index in [9.17, 15) is 4.79 Å². The van der Waals surface area contributed by atoms with Crippen molar-refractivity contribution in [2.45, 2.75) is 13.5 Å². The van der Waals surface area contributed by atoms with Crippen LogP contribution >= 0.6 is 0 Å². The molecule has 3 nitrogen and oxygen atoms in total. The molecule has 0 N–H and O–H groups in total. The van der Waals surface area contributed by atoms with Gasteiger partial charge in [0.25, 0.3) is 5.91 Å². The summed E-state index contributed by atoms with van der Waals surface area (Å²) in [4.78, 5) is 15.2. The quantitative estimate of drug-likeness (QED) is 0.417. The summed E-state index contributed by atoms with van der Waals surface area (Å²) in [5.41, 5.74) is 5.80. The molecule has 5 rings (SSSR count). The first kappa shape index (κ1) is 16.6. The first-order valence-corrected chi connectivity index (χ1v) is 9.56. The van der Waals surface area contributed by atoms with Crippen LogP contribution in [0.5, 0.6) is 0 Å². The first-order chi connectivity index (χ1) is 13.8. The Hall–Kier alpha value is -3.59. The van der Waals surface area contributed by atoms with E-state index in [2.05, 4.69) is 35.9 Å². The van der Waals surface area contributed by atoms with Crippen molar-refractivity contribution in [3.63, 3.8) is 0 Å². The third-order valence-electron chi connectivity index (χ3n) is 5.34. The monoisotopic (exact) mass is 364 g/mol. The zero-order valence-electron chi connectivity index (χ0n) is 15.7. The number of para-hydroxylation sites is 3. The van der Waals surface area contributed by atoms with Gasteiger partial charge in [-0.15, -0.1) is 0 Å². The van der Waals surface area contributed by atoms with Gasteiger partial charge in [-0.2, -0.15) is 0 Å². The first-order valence-electron chi connectivity index (χ1n) is 9.56. The molecule has 0 spiro atoms. The van der Waals surface area contributed by atoms with Crippen LogP contribution in [0.1, 0.15) is 18.1 Å². The molecule has 0 saturated heterocycles. The molecule has 1 aromatic heterocycles. The molecule has 0 atom stereocenters. The Kier molecular flexibility index (Phi) is 3.87. The SMILES string of the molecule is CCn1cc(C=C2C(=O)N(c3ccccc3)c3ccccc32)c2ccccc21. The van der Waals surface area contributed by atoms with Crippen LogP contribution < -0.4 is 4.90 Å². The van der Waals surface area contributed by atoms with Gasteiger partial charge >= 0.3 is 0 Å². The lowest BCUT2D eigenvalue weighted by molar-refractivity contribution is -0.112. The molecule has 1 aliphatic rings. The van der Waals surface area contributed by atoms with E-state index in [1.165, 1.54) is 10.9 Å². The molecule has 0 bridgehead atoms. The molecule has 136 valence electrons. The maximum atomic E-state index is 13.4. The molecular weight excluding hydrogens is 344 g/mol. The van der Waals surface area contributed by atoms with Crippen LogP contribution in [0, 0.1) is 0 Å². The van der Waals surface area contributed by atoms with Crippen LogP contribution in [0.25, 0.3) is 22.6 Å². The van der Waals surface area contributed by atoms with Gasteiger partial charge in [0, 0.05) is 40.5 Å². The molecule has 4 aromatic rings. The Bertz CT molecular complexity index is 1220. The smallest absolute Gasteiger partial charge is 0.263 e. The number of rotatable bonds is 3. The second kappa shape index (κ2) is 6.54. The fraction of sp³-hybridized carbons (Fsp3) is 0.0800. The van der Waals surface area contributed by atoms with Crippen molar-refractivity contribution in [3.05, 3.63) is 96.2 Å². The van der Waals surface area contributed by atoms with Crippen molar-refractivity contribution in [3.8, 4) is 0 Å². The lowest BCUT2D eigenvalue weighted by Gasteiger charge is -2.16. The molecule has 3 heteroatoms. The highest BCUT2D eigenvalue weighted by Gasteiger charge is 2.33. The number of hydrogen-bond acceptors (Lipinski definition) is 1. The summed E-state index contributed by atoms with van der Waals surface area (Å²) < 4.78 is 2.22. The van der Waals surface area contributed by atoms with Gasteiger partial charge in [0.2, 0.25) is 0 Å². The molecule has 0 fully saturated rings. The number of aryl methyl sites for hydroxylation is 1. The summed E-state index contributed by atoms with van der Waals surface area (Å²) in [6.07, 6.45) is 4.18. The molecule has 0 radical (unpaired) electrons. The second-order valence-corrected chi connectivity index (χ2v) is 6.94. The summed E-state index contributed by atoms with van der Waals surface area (Å²) in [5.74, 6) is 0.0146. The summed E-state index contributed by atoms with van der Waals surface area (Å²) in [6.45, 7) is 3.03. The van der Waals surface area contributed by atoms with Gasteiger partial charge in [-0.3, -0.25) is 9.69 Å². The van der Waals surface area contributed by atoms with E-state index in [-0.39, 0.29) is 5.91 Å². The lowest BCUT2D eigenvalue weighted by atomic mass is 10.0. The highest BCUT2D eigenvalue weighted by molar-refractivity contribution is 6.38. The van der Waals surface area contributed by atoms with E-state index >= 15 is 0 Å². The molecule has 1 aliphatic heterocycles. The van der Waals surface area contributed by atoms with Crippen LogP contribution in [-0.4, -0.2) is 10.5 Å². The highest BCUT2D eigenvalue weighted by Crippen LogP contribution is 2.42. The minimum Gasteiger partial charge on any atom is -0.347 e. The standard InChI is InChI=1S/C25H20N2O/c1-2-26-17-18(20-12-6-8-14-23(20)26)16-22-21-13-7-9-15-24(21)27(25(22)28)19-10-4-3-5-11-19/h3-17H,2H2,1H3. The summed E-state index contributed by atoms with van der Waals surface area (Å²) >= 11 is 0. The Morgan fingerprint density at radius 1 is 0.857 bits per heavy atom. The van der Waals surface area contributed by atoms with Crippen LogP contribution in [0.15, 0.2) is 85.1 Å². The Labute approximate surface area is 164 Å². The fourth-order valence-electron chi connectivity index (χ4n) is 4.02. The molecule has 0 unspecified atom stereocenters. The molecular formula is C25H20N2O. The average Bonchev–Trinajstić information content (AvgIpc) is 3.24. The number of aromatic nitrogens is 1. The van der Waals surface area contributed by atoms with Gasteiger partial charge in [-0.05, 0) is 37.3 Å². The zero-order valence-corrected chi connectivity index (χ0v) is 15.7. The summed E-state index contributed by atoms with van der Waals surface area (Å²) in [7, 11) is 0. The predicted octanol–water partition coefficient (Wildman–Crippen LogP) is 5.88. The number of carbonyl (C=O) groups excluding carboxylic acids is 1. The predicted molar refractivity (Wildman–Crippen MR) is 116 cm³/mol. The molecule has 3 aromatic carbocycles. The molecule has 1 amide bonds. The Balaban J connectivity index is 1.70. The van der Waals surface area contributed by atoms with E-state index < -0.39 is 0 Å². The number of hydrogen-bond donors (Lipinski definition) is 0. The van der Waals surface area contributed by atoms with Crippen molar-refractivity contribution >= 4 is 39.8 Å². The number of benzene rings is 3. The summed E-state index contributed by atoms with van der Waals surface area (Å²) in [5, 5.41) is 1.17. The van der Waals surface area contributed by atoms with E-state index in [4.69, 9.17) is 0 Å². The van der Waals surface area contributed by atoms with Crippen LogP contribution in [0.4, 0.5) is 11.4 Å². The number of amides is 1. The van der Waals surface area contributed by atoms with Crippen LogP contribution in [-0.2, 0) is 11.3 Å².